The normalized spacial score (nSPS) is 15.2. The van der Waals surface area contributed by atoms with E-state index in [1.807, 2.05) is 18.2 Å². The van der Waals surface area contributed by atoms with Crippen LogP contribution in [0.1, 0.15) is 62.3 Å². The molecule has 1 aromatic rings. The minimum Gasteiger partial charge on any atom is -0.395 e. The van der Waals surface area contributed by atoms with Gasteiger partial charge >= 0.3 is 0 Å². The van der Waals surface area contributed by atoms with Crippen molar-refractivity contribution in [3.05, 3.63) is 53.2 Å². The number of carbonyl (C=O) groups excluding carboxylic acids is 1. The second kappa shape index (κ2) is 11.3. The van der Waals surface area contributed by atoms with E-state index in [0.717, 1.165) is 24.8 Å². The third-order valence-corrected chi connectivity index (χ3v) is 4.95. The van der Waals surface area contributed by atoms with Crippen LogP contribution in [0.3, 0.4) is 0 Å². The predicted molar refractivity (Wildman–Crippen MR) is 113 cm³/mol. The predicted octanol–water partition coefficient (Wildman–Crippen LogP) is 2.74. The van der Waals surface area contributed by atoms with Crippen LogP contribution >= 0.6 is 0 Å². The molecule has 1 aromatic heterocycles. The molecule has 0 atom stereocenters. The van der Waals surface area contributed by atoms with E-state index >= 15 is 0 Å². The molecule has 7 nitrogen and oxygen atoms in total. The summed E-state index contributed by atoms with van der Waals surface area (Å²) < 4.78 is 0. The van der Waals surface area contributed by atoms with Gasteiger partial charge in [0.05, 0.1) is 6.61 Å². The van der Waals surface area contributed by atoms with Crippen molar-refractivity contribution in [2.45, 2.75) is 51.5 Å². The summed E-state index contributed by atoms with van der Waals surface area (Å²) >= 11 is 0. The van der Waals surface area contributed by atoms with Gasteiger partial charge in [-0.3, -0.25) is 4.79 Å². The number of hydrogen-bond acceptors (Lipinski definition) is 5. The molecule has 1 amide bonds. The fraction of sp³-hybridized carbons (Fsp3) is 0.500. The molecule has 0 saturated carbocycles. The third kappa shape index (κ3) is 7.33. The van der Waals surface area contributed by atoms with Crippen LogP contribution in [0, 0.1) is 11.3 Å². The number of imidazole rings is 1. The van der Waals surface area contributed by atoms with E-state index in [9.17, 15) is 4.79 Å². The molecular formula is C22H31N5O2. The van der Waals surface area contributed by atoms with Crippen LogP contribution in [0.2, 0.25) is 0 Å². The summed E-state index contributed by atoms with van der Waals surface area (Å²) in [7, 11) is 0. The van der Waals surface area contributed by atoms with Crippen molar-refractivity contribution in [3.63, 3.8) is 0 Å². The maximum absolute atomic E-state index is 12.1. The minimum absolute atomic E-state index is 0.0788. The van der Waals surface area contributed by atoms with Crippen LogP contribution < -0.4 is 10.6 Å². The molecule has 0 unspecified atom stereocenters. The van der Waals surface area contributed by atoms with Gasteiger partial charge < -0.3 is 20.7 Å². The highest BCUT2D eigenvalue weighted by molar-refractivity contribution is 5.90. The van der Waals surface area contributed by atoms with Crippen LogP contribution in [0.15, 0.2) is 41.6 Å². The number of β-amino-alcohol motifs (C(OH)–C–C–N with tert-alkyl or cyclic N) is 1. The van der Waals surface area contributed by atoms with E-state index in [0.29, 0.717) is 13.1 Å². The molecule has 0 fully saturated rings. The average Bonchev–Trinajstić information content (AvgIpc) is 3.21. The Morgan fingerprint density at radius 1 is 1.45 bits per heavy atom. The molecule has 2 rings (SSSR count). The first-order valence-electron chi connectivity index (χ1n) is 10.1. The molecular weight excluding hydrogens is 366 g/mol. The van der Waals surface area contributed by atoms with E-state index in [1.54, 1.807) is 0 Å². The van der Waals surface area contributed by atoms with Crippen molar-refractivity contribution in [1.29, 1.82) is 5.26 Å². The smallest absolute Gasteiger partial charge is 0.287 e. The second-order valence-electron chi connectivity index (χ2n) is 7.61. The molecule has 0 aliphatic heterocycles. The van der Waals surface area contributed by atoms with Crippen LogP contribution in [0.5, 0.6) is 0 Å². The molecule has 0 bridgehead atoms. The van der Waals surface area contributed by atoms with Gasteiger partial charge in [-0.15, -0.1) is 0 Å². The van der Waals surface area contributed by atoms with Crippen molar-refractivity contribution in [2.75, 3.05) is 19.7 Å². The summed E-state index contributed by atoms with van der Waals surface area (Å²) in [6, 6.07) is 1.89. The van der Waals surface area contributed by atoms with Crippen molar-refractivity contribution in [3.8, 4) is 6.07 Å². The lowest BCUT2D eigenvalue weighted by Gasteiger charge is -2.28. The van der Waals surface area contributed by atoms with E-state index in [2.05, 4.69) is 46.6 Å². The van der Waals surface area contributed by atoms with E-state index in [1.165, 1.54) is 24.6 Å². The van der Waals surface area contributed by atoms with Crippen LogP contribution in [-0.4, -0.2) is 46.2 Å². The standard InChI is InChI=1S/C22H31N5O2/c1-22(2,26-13-14-28)18(11-10-17-7-4-3-5-8-17)9-6-12-24-21(29)20-25-16-19(15-23)27-20/h6-7,9,11,16,26,28H,3-5,8,10,12-14H2,1-2H3,(H,24,29)(H,25,27)/b9-6-,18-11+. The Balaban J connectivity index is 2.00. The van der Waals surface area contributed by atoms with Gasteiger partial charge in [-0.1, -0.05) is 29.9 Å². The lowest BCUT2D eigenvalue weighted by atomic mass is 9.90. The maximum atomic E-state index is 12.1. The number of nitrogens with one attached hydrogen (secondary N) is 3. The zero-order valence-corrected chi connectivity index (χ0v) is 17.3. The Morgan fingerprint density at radius 3 is 2.93 bits per heavy atom. The molecule has 0 saturated heterocycles. The van der Waals surface area contributed by atoms with Crippen LogP contribution in [0.4, 0.5) is 0 Å². The number of nitrogens with zero attached hydrogens (tertiary/aromatic N) is 2. The molecule has 156 valence electrons. The number of aromatic amines is 1. The first kappa shape index (κ1) is 22.6. The van der Waals surface area contributed by atoms with Gasteiger partial charge in [0.2, 0.25) is 0 Å². The Hall–Kier alpha value is -2.69. The fourth-order valence-corrected chi connectivity index (χ4v) is 3.25. The highest BCUT2D eigenvalue weighted by Crippen LogP contribution is 2.24. The molecule has 29 heavy (non-hydrogen) atoms. The summed E-state index contributed by atoms with van der Waals surface area (Å²) in [4.78, 5) is 18.7. The highest BCUT2D eigenvalue weighted by atomic mass is 16.3. The number of H-pyrrole nitrogens is 1. The van der Waals surface area contributed by atoms with E-state index in [-0.39, 0.29) is 29.6 Å². The Morgan fingerprint density at radius 2 is 2.28 bits per heavy atom. The zero-order valence-electron chi connectivity index (χ0n) is 17.3. The quantitative estimate of drug-likeness (QED) is 0.358. The van der Waals surface area contributed by atoms with Crippen molar-refractivity contribution >= 4 is 5.91 Å². The van der Waals surface area contributed by atoms with Crippen LogP contribution in [0.25, 0.3) is 0 Å². The number of nitriles is 1. The molecule has 4 N–H and O–H groups in total. The number of aliphatic hydroxyl groups excluding tert-OH is 1. The Kier molecular flexibility index (Phi) is 8.84. The van der Waals surface area contributed by atoms with Crippen molar-refractivity contribution in [1.82, 2.24) is 20.6 Å². The van der Waals surface area contributed by atoms with Gasteiger partial charge in [0.25, 0.3) is 5.91 Å². The third-order valence-electron chi connectivity index (χ3n) is 4.95. The minimum atomic E-state index is -0.355. The lowest BCUT2D eigenvalue weighted by molar-refractivity contribution is 0.0948. The Bertz CT molecular complexity index is 811. The SMILES string of the molecule is CC(C)(NCCO)C(/C=C\CNC(=O)c1nc(C#N)c[nH]1)=C/CC1=CCCCC1. The fourth-order valence-electron chi connectivity index (χ4n) is 3.25. The first-order valence-corrected chi connectivity index (χ1v) is 10.1. The number of aromatic nitrogens is 2. The van der Waals surface area contributed by atoms with Gasteiger partial charge in [-0.25, -0.2) is 4.98 Å². The molecule has 1 aliphatic rings. The average molecular weight is 398 g/mol. The summed E-state index contributed by atoms with van der Waals surface area (Å²) in [5.74, 6) is -0.230. The van der Waals surface area contributed by atoms with Crippen molar-refractivity contribution in [2.24, 2.45) is 0 Å². The Labute approximate surface area is 172 Å². The van der Waals surface area contributed by atoms with Gasteiger partial charge in [0.1, 0.15) is 6.07 Å². The second-order valence-corrected chi connectivity index (χ2v) is 7.61. The number of hydrogen-bond donors (Lipinski definition) is 4. The zero-order chi connectivity index (χ0) is 21.1. The number of carbonyl (C=O) groups is 1. The van der Waals surface area contributed by atoms with Crippen molar-refractivity contribution < 1.29 is 9.90 Å². The summed E-state index contributed by atoms with van der Waals surface area (Å²) in [5.41, 5.74) is 2.46. The van der Waals surface area contributed by atoms with Crippen LogP contribution in [-0.2, 0) is 0 Å². The first-order chi connectivity index (χ1) is 14.0. The summed E-state index contributed by atoms with van der Waals surface area (Å²) in [6.45, 7) is 5.10. The largest absolute Gasteiger partial charge is 0.395 e. The van der Waals surface area contributed by atoms with Gasteiger partial charge in [-0.05, 0) is 51.5 Å². The number of allylic oxidation sites excluding steroid dienone is 3. The number of amides is 1. The molecule has 0 spiro atoms. The van der Waals surface area contributed by atoms with Gasteiger partial charge in [0.15, 0.2) is 11.5 Å². The molecule has 0 radical (unpaired) electrons. The molecule has 0 aromatic carbocycles. The summed E-state index contributed by atoms with van der Waals surface area (Å²) in [6.07, 6.45) is 15.6. The number of rotatable bonds is 10. The van der Waals surface area contributed by atoms with E-state index in [4.69, 9.17) is 10.4 Å². The topological polar surface area (TPSA) is 114 Å². The molecule has 7 heteroatoms. The van der Waals surface area contributed by atoms with E-state index < -0.39 is 0 Å². The lowest BCUT2D eigenvalue weighted by Crippen LogP contribution is -2.42. The highest BCUT2D eigenvalue weighted by Gasteiger charge is 2.20. The maximum Gasteiger partial charge on any atom is 0.287 e. The molecule has 1 aliphatic carbocycles. The number of aliphatic hydroxyl groups is 1. The van der Waals surface area contributed by atoms with Gasteiger partial charge in [0, 0.05) is 24.8 Å². The summed E-state index contributed by atoms with van der Waals surface area (Å²) in [5, 5.41) is 24.1. The molecule has 1 heterocycles. The monoisotopic (exact) mass is 397 g/mol. The van der Waals surface area contributed by atoms with Gasteiger partial charge in [-0.2, -0.15) is 5.26 Å².